The van der Waals surface area contributed by atoms with Crippen molar-refractivity contribution in [2.75, 3.05) is 19.6 Å². The average Bonchev–Trinajstić information content (AvgIpc) is 2.38. The monoisotopic (exact) mass is 426 g/mol. The van der Waals surface area contributed by atoms with Crippen LogP contribution in [0.4, 0.5) is 0 Å². The van der Waals surface area contributed by atoms with Crippen LogP contribution in [0.5, 0.6) is 0 Å². The SMILES string of the molecule is CC(C)(C)[N]=[Ta].CCC[NH-].CCC[NH-].CCC[NH-]. The average molecular weight is 426 g/mol. The molecule has 3 N–H and O–H groups in total. The van der Waals surface area contributed by atoms with Crippen molar-refractivity contribution in [3.63, 3.8) is 0 Å². The second kappa shape index (κ2) is 26.1. The Labute approximate surface area is 127 Å². The maximum Gasteiger partial charge on any atom is -0.0670 e. The van der Waals surface area contributed by atoms with Gasteiger partial charge in [-0.05, 0) is 0 Å². The second-order valence-electron chi connectivity index (χ2n) is 4.52. The Kier molecular flexibility index (Phi) is 38.9. The zero-order valence-electron chi connectivity index (χ0n) is 13.1. The topological polar surface area (TPSA) is 83.8 Å². The van der Waals surface area contributed by atoms with E-state index in [2.05, 4.69) is 24.1 Å². The van der Waals surface area contributed by atoms with Crippen molar-refractivity contribution in [2.45, 2.75) is 66.3 Å². The van der Waals surface area contributed by atoms with Gasteiger partial charge in [0.2, 0.25) is 0 Å². The van der Waals surface area contributed by atoms with Crippen LogP contribution in [-0.2, 0) is 20.9 Å². The van der Waals surface area contributed by atoms with Gasteiger partial charge in [0.15, 0.2) is 0 Å². The van der Waals surface area contributed by atoms with Gasteiger partial charge in [-0.2, -0.15) is 19.6 Å². The molecule has 0 bridgehead atoms. The van der Waals surface area contributed by atoms with E-state index in [-0.39, 0.29) is 5.54 Å². The quantitative estimate of drug-likeness (QED) is 0.541. The summed E-state index contributed by atoms with van der Waals surface area (Å²) in [5.41, 5.74) is 19.6. The Morgan fingerprint density at radius 3 is 0.889 bits per heavy atom. The van der Waals surface area contributed by atoms with Gasteiger partial charge in [0, 0.05) is 0 Å². The van der Waals surface area contributed by atoms with E-state index in [1.165, 1.54) is 0 Å². The summed E-state index contributed by atoms with van der Waals surface area (Å²) in [5, 5.41) is 0. The minimum Gasteiger partial charge on any atom is -0.677 e. The minimum absolute atomic E-state index is 0.216. The first-order valence-corrected chi connectivity index (χ1v) is 8.04. The molecule has 0 radical (unpaired) electrons. The van der Waals surface area contributed by atoms with Crippen LogP contribution in [0.2, 0.25) is 0 Å². The normalized spacial score (nSPS) is 8.67. The van der Waals surface area contributed by atoms with E-state index in [0.717, 1.165) is 40.2 Å². The van der Waals surface area contributed by atoms with Crippen LogP contribution in [0.25, 0.3) is 17.2 Å². The molecule has 0 aliphatic heterocycles. The molecule has 113 valence electrons. The van der Waals surface area contributed by atoms with Gasteiger partial charge in [0.05, 0.1) is 0 Å². The summed E-state index contributed by atoms with van der Waals surface area (Å²) in [4.78, 5) is 0. The Morgan fingerprint density at radius 1 is 0.778 bits per heavy atom. The standard InChI is InChI=1S/C4H9N.3C3H8N.Ta/c1-4(2,3)5;3*1-2-3-4;/h1-3H3;3*4H,2-3H2,1H3;/q;3*-1;. The number of nitrogens with zero attached hydrogens (tertiary/aromatic N) is 1. The van der Waals surface area contributed by atoms with Gasteiger partial charge in [-0.1, -0.05) is 40.0 Å². The van der Waals surface area contributed by atoms with E-state index in [1.54, 1.807) is 0 Å². The van der Waals surface area contributed by atoms with Crippen LogP contribution in [0.1, 0.15) is 60.8 Å². The summed E-state index contributed by atoms with van der Waals surface area (Å²) in [6, 6.07) is 0. The fourth-order valence-corrected chi connectivity index (χ4v) is 0. The Balaban J connectivity index is -0.0000000742. The van der Waals surface area contributed by atoms with Crippen molar-refractivity contribution < 1.29 is 20.9 Å². The summed E-state index contributed by atoms with van der Waals surface area (Å²) in [7, 11) is 0. The van der Waals surface area contributed by atoms with Gasteiger partial charge in [0.1, 0.15) is 0 Å². The van der Waals surface area contributed by atoms with Crippen molar-refractivity contribution in [3.05, 3.63) is 17.2 Å². The second-order valence-corrected chi connectivity index (χ2v) is 5.24. The molecule has 0 aromatic heterocycles. The molecule has 0 unspecified atom stereocenters. The zero-order valence-corrected chi connectivity index (χ0v) is 16.4. The summed E-state index contributed by atoms with van der Waals surface area (Å²) in [6.07, 6.45) is 2.96. The Hall–Kier alpha value is 0.420. The van der Waals surface area contributed by atoms with Crippen molar-refractivity contribution in [2.24, 2.45) is 3.34 Å². The first-order chi connectivity index (χ1) is 8.30. The van der Waals surface area contributed by atoms with E-state index in [1.807, 2.05) is 20.8 Å². The third-order valence-electron chi connectivity index (χ3n) is 1.05. The van der Waals surface area contributed by atoms with Gasteiger partial charge >= 0.3 is 50.5 Å². The van der Waals surface area contributed by atoms with Crippen LogP contribution in [0.15, 0.2) is 3.34 Å². The molecule has 0 amide bonds. The zero-order chi connectivity index (χ0) is 15.4. The van der Waals surface area contributed by atoms with Gasteiger partial charge < -0.3 is 17.2 Å². The summed E-state index contributed by atoms with van der Waals surface area (Å²) < 4.78 is 4.13. The predicted octanol–water partition coefficient (Wildman–Crippen LogP) is 5.86. The van der Waals surface area contributed by atoms with E-state index in [9.17, 15) is 0 Å². The first kappa shape index (κ1) is 26.9. The molecule has 0 saturated carbocycles. The van der Waals surface area contributed by atoms with E-state index in [4.69, 9.17) is 17.2 Å². The van der Waals surface area contributed by atoms with Crippen LogP contribution >= 0.6 is 0 Å². The summed E-state index contributed by atoms with van der Waals surface area (Å²) in [5.74, 6) is 0. The molecule has 0 aromatic carbocycles. The fourth-order valence-electron chi connectivity index (χ4n) is 0. The minimum atomic E-state index is 0.216. The first-order valence-electron chi connectivity index (χ1n) is 6.61. The van der Waals surface area contributed by atoms with Crippen LogP contribution in [0.3, 0.4) is 0 Å². The van der Waals surface area contributed by atoms with Crippen molar-refractivity contribution in [1.82, 2.24) is 0 Å². The van der Waals surface area contributed by atoms with Crippen molar-refractivity contribution in [1.29, 1.82) is 0 Å². The number of hydrogen-bond acceptors (Lipinski definition) is 1. The molecule has 0 saturated heterocycles. The van der Waals surface area contributed by atoms with Gasteiger partial charge in [0.25, 0.3) is 0 Å². The predicted molar refractivity (Wildman–Crippen MR) is 80.6 cm³/mol. The van der Waals surface area contributed by atoms with Crippen molar-refractivity contribution in [3.8, 4) is 0 Å². The molecule has 5 heteroatoms. The Morgan fingerprint density at radius 2 is 0.889 bits per heavy atom. The molecule has 18 heavy (non-hydrogen) atoms. The molecule has 0 aromatic rings. The van der Waals surface area contributed by atoms with Crippen LogP contribution in [-0.4, -0.2) is 25.2 Å². The number of rotatable bonds is 3. The van der Waals surface area contributed by atoms with Crippen molar-refractivity contribution >= 4 is 0 Å². The molecule has 0 fully saturated rings. The largest absolute Gasteiger partial charge is 0.677 e. The number of nitrogens with one attached hydrogen (secondary N) is 3. The number of hydrogen-bond donors (Lipinski definition) is 0. The fraction of sp³-hybridized carbons (Fsp3) is 1.00. The summed E-state index contributed by atoms with van der Waals surface area (Å²) >= 11 is 1.15. The van der Waals surface area contributed by atoms with E-state index in [0.29, 0.717) is 19.6 Å². The Bertz CT molecular complexity index is 109. The van der Waals surface area contributed by atoms with Gasteiger partial charge in [-0.25, -0.2) is 0 Å². The molecular formula is C13H33N4Ta-3. The van der Waals surface area contributed by atoms with E-state index >= 15 is 0 Å². The molecule has 0 aliphatic carbocycles. The van der Waals surface area contributed by atoms with E-state index < -0.39 is 0 Å². The molecule has 0 heterocycles. The third kappa shape index (κ3) is 94.7. The van der Waals surface area contributed by atoms with Gasteiger partial charge in [-0.15, -0.1) is 0 Å². The molecule has 0 atom stereocenters. The molecule has 0 aliphatic rings. The molecule has 0 rings (SSSR count). The smallest absolute Gasteiger partial charge is 0.0670 e. The molecule has 4 nitrogen and oxygen atoms in total. The maximum absolute atomic E-state index is 6.45. The molecular weight excluding hydrogens is 393 g/mol. The summed E-state index contributed by atoms with van der Waals surface area (Å²) in [6.45, 7) is 14.0. The van der Waals surface area contributed by atoms with Gasteiger partial charge in [-0.3, -0.25) is 0 Å². The molecule has 0 spiro atoms. The maximum atomic E-state index is 6.45. The van der Waals surface area contributed by atoms with Crippen LogP contribution in [0, 0.1) is 0 Å². The third-order valence-corrected chi connectivity index (χ3v) is 3.21. The van der Waals surface area contributed by atoms with Crippen LogP contribution < -0.4 is 0 Å².